The largest absolute Gasteiger partial charge is 0.444 e. The summed E-state index contributed by atoms with van der Waals surface area (Å²) in [5, 5.41) is 9.36. The third-order valence-electron chi connectivity index (χ3n) is 4.71. The van der Waals surface area contributed by atoms with Crippen molar-refractivity contribution in [1.29, 1.82) is 0 Å². The number of amides is 1. The number of pyridine rings is 1. The van der Waals surface area contributed by atoms with Gasteiger partial charge in [-0.1, -0.05) is 18.2 Å². The van der Waals surface area contributed by atoms with Gasteiger partial charge >= 0.3 is 6.09 Å². The van der Waals surface area contributed by atoms with E-state index in [1.807, 2.05) is 63.4 Å². The van der Waals surface area contributed by atoms with E-state index < -0.39 is 11.7 Å². The van der Waals surface area contributed by atoms with Crippen LogP contribution in [0.1, 0.15) is 37.7 Å². The molecule has 8 nitrogen and oxygen atoms in total. The molecule has 3 rings (SSSR count). The van der Waals surface area contributed by atoms with Crippen LogP contribution in [0.4, 0.5) is 10.5 Å². The lowest BCUT2D eigenvalue weighted by Crippen LogP contribution is -2.37. The highest BCUT2D eigenvalue weighted by Crippen LogP contribution is 2.13. The van der Waals surface area contributed by atoms with Crippen molar-refractivity contribution in [3.8, 4) is 0 Å². The first-order valence-corrected chi connectivity index (χ1v) is 10.7. The Morgan fingerprint density at radius 2 is 1.88 bits per heavy atom. The highest BCUT2D eigenvalue weighted by atomic mass is 16.6. The first-order chi connectivity index (χ1) is 15.2. The molecule has 0 bridgehead atoms. The molecule has 0 atom stereocenters. The molecule has 0 aliphatic rings. The minimum atomic E-state index is -0.521. The lowest BCUT2D eigenvalue weighted by molar-refractivity contribution is 0.0636. The summed E-state index contributed by atoms with van der Waals surface area (Å²) in [7, 11) is 1.75. The summed E-state index contributed by atoms with van der Waals surface area (Å²) in [6.45, 7) is 8.89. The molecule has 0 saturated heterocycles. The standard InChI is InChI=1S/C24H32N6O2/c1-17-7-6-8-21-28-20(16-30(17)21)15-27-22(25-5)26-14-13-18-9-11-19(12-10-18)29-23(31)32-24(2,3)4/h6-12,16H,13-15H2,1-5H3,(H,29,31)(H2,25,26,27). The molecule has 0 aliphatic carbocycles. The number of aryl methyl sites for hydroxylation is 1. The predicted molar refractivity (Wildman–Crippen MR) is 128 cm³/mol. The van der Waals surface area contributed by atoms with E-state index in [-0.39, 0.29) is 0 Å². The first-order valence-electron chi connectivity index (χ1n) is 10.7. The number of aromatic nitrogens is 2. The van der Waals surface area contributed by atoms with Crippen LogP contribution in [0.2, 0.25) is 0 Å². The zero-order valence-electron chi connectivity index (χ0n) is 19.4. The van der Waals surface area contributed by atoms with Crippen LogP contribution in [-0.2, 0) is 17.7 Å². The average molecular weight is 437 g/mol. The second-order valence-corrected chi connectivity index (χ2v) is 8.55. The van der Waals surface area contributed by atoms with Crippen LogP contribution in [-0.4, -0.2) is 40.6 Å². The summed E-state index contributed by atoms with van der Waals surface area (Å²) >= 11 is 0. The Morgan fingerprint density at radius 3 is 2.53 bits per heavy atom. The number of aliphatic imine (C=N–C) groups is 1. The van der Waals surface area contributed by atoms with Crippen molar-refractivity contribution in [3.63, 3.8) is 0 Å². The number of benzene rings is 1. The number of anilines is 1. The van der Waals surface area contributed by atoms with Gasteiger partial charge in [0.15, 0.2) is 5.96 Å². The molecule has 2 aromatic heterocycles. The van der Waals surface area contributed by atoms with E-state index in [1.54, 1.807) is 7.05 Å². The molecule has 8 heteroatoms. The molecule has 2 heterocycles. The smallest absolute Gasteiger partial charge is 0.412 e. The fourth-order valence-corrected chi connectivity index (χ4v) is 3.18. The van der Waals surface area contributed by atoms with Crippen LogP contribution < -0.4 is 16.0 Å². The number of carbonyl (C=O) groups excluding carboxylic acids is 1. The lowest BCUT2D eigenvalue weighted by Gasteiger charge is -2.19. The van der Waals surface area contributed by atoms with Gasteiger partial charge in [-0.3, -0.25) is 10.3 Å². The van der Waals surface area contributed by atoms with Gasteiger partial charge in [0, 0.05) is 31.2 Å². The zero-order valence-corrected chi connectivity index (χ0v) is 19.4. The molecule has 3 N–H and O–H groups in total. The Kier molecular flexibility index (Phi) is 7.35. The van der Waals surface area contributed by atoms with Crippen molar-refractivity contribution in [3.05, 3.63) is 65.6 Å². The van der Waals surface area contributed by atoms with Gasteiger partial charge in [-0.05, 0) is 63.9 Å². The van der Waals surface area contributed by atoms with Crippen molar-refractivity contribution in [2.75, 3.05) is 18.9 Å². The molecule has 3 aromatic rings. The molecule has 1 amide bonds. The molecular weight excluding hydrogens is 404 g/mol. The fourth-order valence-electron chi connectivity index (χ4n) is 3.18. The minimum absolute atomic E-state index is 0.456. The number of rotatable bonds is 6. The molecule has 0 radical (unpaired) electrons. The Balaban J connectivity index is 1.44. The molecule has 0 unspecified atom stereocenters. The average Bonchev–Trinajstić information content (AvgIpc) is 3.15. The molecule has 170 valence electrons. The van der Waals surface area contributed by atoms with E-state index in [0.29, 0.717) is 12.2 Å². The quantitative estimate of drug-likeness (QED) is 0.403. The number of imidazole rings is 1. The Hall–Kier alpha value is -3.55. The van der Waals surface area contributed by atoms with Crippen LogP contribution in [0.15, 0.2) is 53.7 Å². The number of ether oxygens (including phenoxy) is 1. The highest BCUT2D eigenvalue weighted by Gasteiger charge is 2.16. The summed E-state index contributed by atoms with van der Waals surface area (Å²) in [4.78, 5) is 20.8. The maximum atomic E-state index is 11.9. The van der Waals surface area contributed by atoms with E-state index in [2.05, 4.69) is 43.3 Å². The van der Waals surface area contributed by atoms with Crippen molar-refractivity contribution < 1.29 is 9.53 Å². The maximum Gasteiger partial charge on any atom is 0.412 e. The fraction of sp³-hybridized carbons (Fsp3) is 0.375. The van der Waals surface area contributed by atoms with Crippen LogP contribution in [0, 0.1) is 6.92 Å². The van der Waals surface area contributed by atoms with Crippen molar-refractivity contribution >= 4 is 23.4 Å². The van der Waals surface area contributed by atoms with E-state index in [1.165, 1.54) is 0 Å². The molecule has 0 saturated carbocycles. The van der Waals surface area contributed by atoms with Crippen LogP contribution >= 0.6 is 0 Å². The van der Waals surface area contributed by atoms with Gasteiger partial charge in [-0.2, -0.15) is 0 Å². The second kappa shape index (κ2) is 10.2. The lowest BCUT2D eigenvalue weighted by atomic mass is 10.1. The Bertz CT molecular complexity index is 1080. The third kappa shape index (κ3) is 6.73. The molecular formula is C24H32N6O2. The number of nitrogens with one attached hydrogen (secondary N) is 3. The predicted octanol–water partition coefficient (Wildman–Crippen LogP) is 3.90. The van der Waals surface area contributed by atoms with Gasteiger partial charge in [-0.25, -0.2) is 9.78 Å². The molecule has 32 heavy (non-hydrogen) atoms. The number of nitrogens with zero attached hydrogens (tertiary/aromatic N) is 3. The molecule has 0 spiro atoms. The number of hydrogen-bond donors (Lipinski definition) is 3. The van der Waals surface area contributed by atoms with Gasteiger partial charge in [0.2, 0.25) is 0 Å². The van der Waals surface area contributed by atoms with Gasteiger partial charge in [0.1, 0.15) is 11.2 Å². The van der Waals surface area contributed by atoms with Crippen LogP contribution in [0.25, 0.3) is 5.65 Å². The Labute approximate surface area is 189 Å². The topological polar surface area (TPSA) is 92.0 Å². The number of guanidine groups is 1. The second-order valence-electron chi connectivity index (χ2n) is 8.55. The van der Waals surface area contributed by atoms with E-state index in [0.717, 1.165) is 41.5 Å². The summed E-state index contributed by atoms with van der Waals surface area (Å²) in [5.74, 6) is 0.724. The number of carbonyl (C=O) groups is 1. The maximum absolute atomic E-state index is 11.9. The van der Waals surface area contributed by atoms with Crippen molar-refractivity contribution in [1.82, 2.24) is 20.0 Å². The van der Waals surface area contributed by atoms with Crippen LogP contribution in [0.5, 0.6) is 0 Å². The molecule has 1 aromatic carbocycles. The Morgan fingerprint density at radius 1 is 1.12 bits per heavy atom. The number of hydrogen-bond acceptors (Lipinski definition) is 4. The summed E-state index contributed by atoms with van der Waals surface area (Å²) in [5.41, 5.74) is 4.38. The van der Waals surface area contributed by atoms with Gasteiger partial charge < -0.3 is 19.8 Å². The van der Waals surface area contributed by atoms with Crippen molar-refractivity contribution in [2.24, 2.45) is 4.99 Å². The summed E-state index contributed by atoms with van der Waals surface area (Å²) < 4.78 is 7.35. The SMILES string of the molecule is CN=C(NCCc1ccc(NC(=O)OC(C)(C)C)cc1)NCc1cn2c(C)cccc2n1. The van der Waals surface area contributed by atoms with Gasteiger partial charge in [-0.15, -0.1) is 0 Å². The van der Waals surface area contributed by atoms with E-state index in [4.69, 9.17) is 4.74 Å². The summed E-state index contributed by atoms with van der Waals surface area (Å²) in [6.07, 6.45) is 2.40. The third-order valence-corrected chi connectivity index (χ3v) is 4.71. The van der Waals surface area contributed by atoms with Crippen molar-refractivity contribution in [2.45, 2.75) is 46.3 Å². The van der Waals surface area contributed by atoms with Gasteiger partial charge in [0.25, 0.3) is 0 Å². The molecule has 0 aliphatic heterocycles. The molecule has 0 fully saturated rings. The van der Waals surface area contributed by atoms with Gasteiger partial charge in [0.05, 0.1) is 12.2 Å². The van der Waals surface area contributed by atoms with Crippen LogP contribution in [0.3, 0.4) is 0 Å². The van der Waals surface area contributed by atoms with E-state index in [9.17, 15) is 4.79 Å². The monoisotopic (exact) mass is 436 g/mol. The number of fused-ring (bicyclic) bond motifs is 1. The summed E-state index contributed by atoms with van der Waals surface area (Å²) in [6, 6.07) is 13.8. The zero-order chi connectivity index (χ0) is 23.1. The minimum Gasteiger partial charge on any atom is -0.444 e. The highest BCUT2D eigenvalue weighted by molar-refractivity contribution is 5.84. The van der Waals surface area contributed by atoms with E-state index >= 15 is 0 Å². The normalized spacial score (nSPS) is 12.0. The first kappa shape index (κ1) is 23.1.